The van der Waals surface area contributed by atoms with Crippen molar-refractivity contribution in [3.8, 4) is 11.5 Å². The number of benzene rings is 2. The molecule has 3 aromatic rings. The van der Waals surface area contributed by atoms with Crippen LogP contribution in [0.5, 0.6) is 11.5 Å². The third kappa shape index (κ3) is 6.71. The summed E-state index contributed by atoms with van der Waals surface area (Å²) < 4.78 is 24.8. The van der Waals surface area contributed by atoms with Crippen LogP contribution < -0.4 is 20.1 Å². The zero-order chi connectivity index (χ0) is 30.1. The van der Waals surface area contributed by atoms with Gasteiger partial charge in [0.05, 0.1) is 39.7 Å². The number of carbonyl (C=O) groups is 1. The molecule has 11 heteroatoms. The number of nitrogens with one attached hydrogen (secondary N) is 2. The van der Waals surface area contributed by atoms with Crippen LogP contribution in [0.15, 0.2) is 42.1 Å². The Morgan fingerprint density at radius 2 is 2.00 bits per heavy atom. The molecule has 1 unspecified atom stereocenters. The van der Waals surface area contributed by atoms with Gasteiger partial charge in [-0.3, -0.25) is 4.79 Å². The second kappa shape index (κ2) is 13.1. The van der Waals surface area contributed by atoms with Gasteiger partial charge in [-0.15, -0.1) is 11.3 Å². The summed E-state index contributed by atoms with van der Waals surface area (Å²) in [7, 11) is 1.68. The molecule has 2 atom stereocenters. The van der Waals surface area contributed by atoms with Crippen LogP contribution in [0.2, 0.25) is 10.0 Å². The molecule has 1 saturated carbocycles. The van der Waals surface area contributed by atoms with Gasteiger partial charge in [0.25, 0.3) is 5.91 Å². The minimum Gasteiger partial charge on any atom is -0.496 e. The number of thiazole rings is 1. The van der Waals surface area contributed by atoms with E-state index in [-0.39, 0.29) is 39.8 Å². The van der Waals surface area contributed by atoms with Crippen molar-refractivity contribution in [1.29, 1.82) is 0 Å². The number of fused-ring (bicyclic) bond motifs is 2. The molecule has 1 saturated heterocycles. The minimum absolute atomic E-state index is 0.0492. The Morgan fingerprint density at radius 1 is 1.21 bits per heavy atom. The number of methoxy groups -OCH3 is 1. The van der Waals surface area contributed by atoms with E-state index in [9.17, 15) is 9.18 Å². The summed E-state index contributed by atoms with van der Waals surface area (Å²) in [6, 6.07) is 8.89. The molecule has 228 valence electrons. The van der Waals surface area contributed by atoms with E-state index in [1.165, 1.54) is 12.1 Å². The molecule has 6 rings (SSSR count). The molecule has 3 aliphatic rings. The fourth-order valence-corrected chi connectivity index (χ4v) is 7.57. The summed E-state index contributed by atoms with van der Waals surface area (Å²) in [5.74, 6) is 0.733. The molecule has 2 fully saturated rings. The molecule has 43 heavy (non-hydrogen) atoms. The molecular formula is C32H35Cl2FN4O3S. The number of halogens is 3. The number of nitrogens with zero attached hydrogens (tertiary/aromatic N) is 2. The zero-order valence-electron chi connectivity index (χ0n) is 24.2. The third-order valence-corrected chi connectivity index (χ3v) is 10.0. The Balaban J connectivity index is 1.21. The van der Waals surface area contributed by atoms with Crippen molar-refractivity contribution in [3.05, 3.63) is 79.0 Å². The van der Waals surface area contributed by atoms with Gasteiger partial charge in [-0.2, -0.15) is 0 Å². The summed E-state index contributed by atoms with van der Waals surface area (Å²) in [6.45, 7) is 4.57. The largest absolute Gasteiger partial charge is 0.496 e. The molecular weight excluding hydrogens is 610 g/mol. The van der Waals surface area contributed by atoms with E-state index in [2.05, 4.69) is 28.5 Å². The van der Waals surface area contributed by atoms with Crippen molar-refractivity contribution in [1.82, 2.24) is 20.5 Å². The Kier molecular flexibility index (Phi) is 9.26. The summed E-state index contributed by atoms with van der Waals surface area (Å²) in [4.78, 5) is 22.3. The first-order valence-corrected chi connectivity index (χ1v) is 16.2. The highest BCUT2D eigenvalue weighted by molar-refractivity contribution is 7.12. The average Bonchev–Trinajstić information content (AvgIpc) is 3.72. The summed E-state index contributed by atoms with van der Waals surface area (Å²) >= 11 is 13.8. The molecule has 2 aromatic carbocycles. The van der Waals surface area contributed by atoms with Crippen LogP contribution in [0.25, 0.3) is 5.57 Å². The lowest BCUT2D eigenvalue weighted by Gasteiger charge is -2.40. The van der Waals surface area contributed by atoms with E-state index in [0.29, 0.717) is 26.0 Å². The van der Waals surface area contributed by atoms with Crippen LogP contribution in [-0.4, -0.2) is 60.7 Å². The lowest BCUT2D eigenvalue weighted by atomic mass is 9.86. The summed E-state index contributed by atoms with van der Waals surface area (Å²) in [6.07, 6.45) is 6.13. The van der Waals surface area contributed by atoms with Crippen molar-refractivity contribution in [3.63, 3.8) is 0 Å². The highest BCUT2D eigenvalue weighted by atomic mass is 35.5. The van der Waals surface area contributed by atoms with E-state index in [1.807, 2.05) is 18.3 Å². The number of ether oxygens (including phenoxy) is 2. The molecule has 2 bridgehead atoms. The molecule has 7 nitrogen and oxygen atoms in total. The van der Waals surface area contributed by atoms with Crippen LogP contribution in [0, 0.1) is 12.7 Å². The highest BCUT2D eigenvalue weighted by Crippen LogP contribution is 2.39. The minimum atomic E-state index is -0.502. The fourth-order valence-electron chi connectivity index (χ4n) is 5.97. The highest BCUT2D eigenvalue weighted by Gasteiger charge is 2.41. The molecule has 1 aromatic heterocycles. The quantitative estimate of drug-likeness (QED) is 0.242. The molecule has 1 aliphatic carbocycles. The first-order chi connectivity index (χ1) is 20.8. The predicted octanol–water partition coefficient (Wildman–Crippen LogP) is 6.20. The van der Waals surface area contributed by atoms with Crippen LogP contribution >= 0.6 is 34.5 Å². The molecule has 2 aliphatic heterocycles. The number of hydrogen-bond acceptors (Lipinski definition) is 7. The number of amides is 1. The summed E-state index contributed by atoms with van der Waals surface area (Å²) in [5, 5.41) is 8.50. The van der Waals surface area contributed by atoms with E-state index in [0.717, 1.165) is 70.3 Å². The Labute approximate surface area is 265 Å². The average molecular weight is 646 g/mol. The van der Waals surface area contributed by atoms with Crippen LogP contribution in [0.3, 0.4) is 0 Å². The molecule has 0 radical (unpaired) electrons. The first-order valence-electron chi connectivity index (χ1n) is 14.7. The molecule has 2 N–H and O–H groups in total. The van der Waals surface area contributed by atoms with Gasteiger partial charge in [-0.05, 0) is 67.5 Å². The van der Waals surface area contributed by atoms with Gasteiger partial charge in [-0.1, -0.05) is 35.3 Å². The second-order valence-electron chi connectivity index (χ2n) is 11.3. The Hall–Kier alpha value is -2.69. The summed E-state index contributed by atoms with van der Waals surface area (Å²) in [5.41, 5.74) is 4.14. The topological polar surface area (TPSA) is 75.7 Å². The lowest BCUT2D eigenvalue weighted by Crippen LogP contribution is -2.59. The van der Waals surface area contributed by atoms with E-state index in [1.54, 1.807) is 18.4 Å². The standard InChI is InChI=1S/C32H35Cl2FN4O3S/c1-18-19(5-3-6-27(18)41-2)17-39(22-8-9-22)32(40)30-23(13-21-14-36-15-26(30)38-21)28-16-37-29(43-28)7-4-10-42-31-24(33)11-20(35)12-25(31)34/h3,5-6,11-12,16,21-22,26,36,38H,4,7-10,13-15,17H2,1-2H3/t21?,26-/m1/s1. The van der Waals surface area contributed by atoms with Gasteiger partial charge in [0, 0.05) is 49.9 Å². The number of piperazine rings is 1. The predicted molar refractivity (Wildman–Crippen MR) is 169 cm³/mol. The maximum absolute atomic E-state index is 14.5. The number of aryl methyl sites for hydroxylation is 1. The van der Waals surface area contributed by atoms with Gasteiger partial charge in [0.2, 0.25) is 0 Å². The second-order valence-corrected chi connectivity index (χ2v) is 13.3. The Bertz CT molecular complexity index is 1520. The van der Waals surface area contributed by atoms with Gasteiger partial charge in [0.1, 0.15) is 11.6 Å². The molecule has 0 spiro atoms. The normalized spacial score (nSPS) is 19.8. The van der Waals surface area contributed by atoms with Gasteiger partial charge in [-0.25, -0.2) is 9.37 Å². The Morgan fingerprint density at radius 3 is 2.74 bits per heavy atom. The SMILES string of the molecule is COc1cccc(CN(C(=O)C2=C(c3cnc(CCCOc4c(Cl)cc(F)cc4Cl)s3)CC3CNC[C@H]2N3)C2CC2)c1C. The van der Waals surface area contributed by atoms with Crippen molar-refractivity contribution in [2.45, 2.75) is 63.7 Å². The third-order valence-electron chi connectivity index (χ3n) is 8.33. The monoisotopic (exact) mass is 644 g/mol. The van der Waals surface area contributed by atoms with Gasteiger partial charge >= 0.3 is 0 Å². The van der Waals surface area contributed by atoms with Gasteiger partial charge in [0.15, 0.2) is 5.75 Å². The van der Waals surface area contributed by atoms with E-state index < -0.39 is 5.82 Å². The van der Waals surface area contributed by atoms with Crippen molar-refractivity contribution < 1.29 is 18.7 Å². The maximum atomic E-state index is 14.5. The zero-order valence-corrected chi connectivity index (χ0v) is 26.5. The number of aromatic nitrogens is 1. The van der Waals surface area contributed by atoms with Crippen molar-refractivity contribution in [2.75, 3.05) is 26.8 Å². The first kappa shape index (κ1) is 30.3. The molecule has 3 heterocycles. The van der Waals surface area contributed by atoms with Crippen LogP contribution in [-0.2, 0) is 17.8 Å². The van der Waals surface area contributed by atoms with Crippen molar-refractivity contribution in [2.24, 2.45) is 0 Å². The number of hydrogen-bond donors (Lipinski definition) is 2. The smallest absolute Gasteiger partial charge is 0.252 e. The number of carbonyl (C=O) groups excluding carboxylic acids is 1. The fraction of sp³-hybridized carbons (Fsp3) is 0.438. The van der Waals surface area contributed by atoms with Crippen LogP contribution in [0.1, 0.15) is 46.7 Å². The van der Waals surface area contributed by atoms with Crippen LogP contribution in [0.4, 0.5) is 4.39 Å². The lowest BCUT2D eigenvalue weighted by molar-refractivity contribution is -0.128. The maximum Gasteiger partial charge on any atom is 0.252 e. The molecule has 1 amide bonds. The number of rotatable bonds is 11. The van der Waals surface area contributed by atoms with Crippen molar-refractivity contribution >= 4 is 46.0 Å². The van der Waals surface area contributed by atoms with E-state index in [4.69, 9.17) is 37.7 Å². The van der Waals surface area contributed by atoms with E-state index >= 15 is 0 Å². The van der Waals surface area contributed by atoms with Gasteiger partial charge < -0.3 is 25.0 Å².